The van der Waals surface area contributed by atoms with E-state index in [0.29, 0.717) is 6.54 Å². The zero-order valence-corrected chi connectivity index (χ0v) is 11.3. The minimum atomic E-state index is -0.548. The van der Waals surface area contributed by atoms with Gasteiger partial charge in [0.05, 0.1) is 12.1 Å². The molecule has 100 valence electrons. The average Bonchev–Trinajstić information content (AvgIpc) is 2.86. The summed E-state index contributed by atoms with van der Waals surface area (Å²) >= 11 is 1.57. The van der Waals surface area contributed by atoms with Crippen molar-refractivity contribution in [3.8, 4) is 5.75 Å². The molecule has 0 fully saturated rings. The van der Waals surface area contributed by atoms with Crippen LogP contribution in [0.3, 0.4) is 0 Å². The predicted molar refractivity (Wildman–Crippen MR) is 72.9 cm³/mol. The van der Waals surface area contributed by atoms with E-state index in [9.17, 15) is 14.3 Å². The van der Waals surface area contributed by atoms with Gasteiger partial charge in [0.15, 0.2) is 0 Å². The maximum Gasteiger partial charge on any atom is 0.255 e. The standard InChI is InChI=1S/C14H14FNO2S/c1-2-9-5-6-19-13(9)8-16-14(18)11-7-10(15)3-4-12(11)17/h3-7,17H,2,8H2,1H3,(H,16,18). The zero-order valence-electron chi connectivity index (χ0n) is 10.4. The fourth-order valence-electron chi connectivity index (χ4n) is 1.78. The summed E-state index contributed by atoms with van der Waals surface area (Å²) in [4.78, 5) is 13.0. The van der Waals surface area contributed by atoms with Crippen LogP contribution in [0, 0.1) is 5.82 Å². The van der Waals surface area contributed by atoms with Crippen molar-refractivity contribution in [1.82, 2.24) is 5.32 Å². The monoisotopic (exact) mass is 279 g/mol. The van der Waals surface area contributed by atoms with E-state index in [-0.39, 0.29) is 11.3 Å². The number of aryl methyl sites for hydroxylation is 1. The normalized spacial score (nSPS) is 10.4. The number of amides is 1. The van der Waals surface area contributed by atoms with E-state index >= 15 is 0 Å². The number of hydrogen-bond acceptors (Lipinski definition) is 3. The van der Waals surface area contributed by atoms with Gasteiger partial charge in [-0.2, -0.15) is 0 Å². The third kappa shape index (κ3) is 3.12. The molecule has 19 heavy (non-hydrogen) atoms. The lowest BCUT2D eigenvalue weighted by Gasteiger charge is -2.07. The Morgan fingerprint density at radius 2 is 2.21 bits per heavy atom. The molecule has 0 spiro atoms. The number of aromatic hydroxyl groups is 1. The largest absolute Gasteiger partial charge is 0.507 e. The lowest BCUT2D eigenvalue weighted by molar-refractivity contribution is 0.0948. The molecule has 2 N–H and O–H groups in total. The van der Waals surface area contributed by atoms with Gasteiger partial charge in [0.25, 0.3) is 5.91 Å². The number of phenols is 1. The van der Waals surface area contributed by atoms with Gasteiger partial charge in [-0.05, 0) is 41.6 Å². The number of rotatable bonds is 4. The van der Waals surface area contributed by atoms with Crippen LogP contribution in [0.4, 0.5) is 4.39 Å². The first-order valence-corrected chi connectivity index (χ1v) is 6.81. The van der Waals surface area contributed by atoms with Crippen molar-refractivity contribution in [2.45, 2.75) is 19.9 Å². The van der Waals surface area contributed by atoms with Crippen molar-refractivity contribution >= 4 is 17.2 Å². The molecule has 0 aliphatic rings. The summed E-state index contributed by atoms with van der Waals surface area (Å²) in [5, 5.41) is 14.2. The molecule has 0 aliphatic heterocycles. The first-order chi connectivity index (χ1) is 9.11. The average molecular weight is 279 g/mol. The molecule has 1 aromatic heterocycles. The first-order valence-electron chi connectivity index (χ1n) is 5.93. The van der Waals surface area contributed by atoms with Gasteiger partial charge in [-0.1, -0.05) is 6.92 Å². The van der Waals surface area contributed by atoms with Gasteiger partial charge in [0.1, 0.15) is 11.6 Å². The summed E-state index contributed by atoms with van der Waals surface area (Å²) in [7, 11) is 0. The summed E-state index contributed by atoms with van der Waals surface area (Å²) in [6.45, 7) is 2.43. The van der Waals surface area contributed by atoms with Crippen LogP contribution in [-0.2, 0) is 13.0 Å². The third-order valence-electron chi connectivity index (χ3n) is 2.83. The van der Waals surface area contributed by atoms with Crippen LogP contribution in [0.25, 0.3) is 0 Å². The first kappa shape index (κ1) is 13.5. The molecule has 3 nitrogen and oxygen atoms in total. The van der Waals surface area contributed by atoms with Gasteiger partial charge in [-0.3, -0.25) is 4.79 Å². The molecule has 5 heteroatoms. The Balaban J connectivity index is 2.07. The lowest BCUT2D eigenvalue weighted by atomic mass is 10.1. The van der Waals surface area contributed by atoms with Crippen LogP contribution in [-0.4, -0.2) is 11.0 Å². The number of benzene rings is 1. The SMILES string of the molecule is CCc1ccsc1CNC(=O)c1cc(F)ccc1O. The molecule has 2 aromatic rings. The highest BCUT2D eigenvalue weighted by molar-refractivity contribution is 7.10. The summed E-state index contributed by atoms with van der Waals surface area (Å²) in [6, 6.07) is 5.33. The number of carbonyl (C=O) groups is 1. The molecule has 0 bridgehead atoms. The second-order valence-corrected chi connectivity index (χ2v) is 5.07. The maximum absolute atomic E-state index is 13.1. The van der Waals surface area contributed by atoms with Crippen LogP contribution in [0.1, 0.15) is 27.7 Å². The fraction of sp³-hybridized carbons (Fsp3) is 0.214. The topological polar surface area (TPSA) is 49.3 Å². The van der Waals surface area contributed by atoms with E-state index in [4.69, 9.17) is 0 Å². The van der Waals surface area contributed by atoms with E-state index in [1.54, 1.807) is 11.3 Å². The smallest absolute Gasteiger partial charge is 0.255 e. The van der Waals surface area contributed by atoms with Gasteiger partial charge < -0.3 is 10.4 Å². The molecule has 0 atom stereocenters. The summed E-state index contributed by atoms with van der Waals surface area (Å²) in [6.07, 6.45) is 0.903. The molecule has 0 radical (unpaired) electrons. The Morgan fingerprint density at radius 3 is 2.95 bits per heavy atom. The number of nitrogens with one attached hydrogen (secondary N) is 1. The van der Waals surface area contributed by atoms with Gasteiger partial charge in [-0.25, -0.2) is 4.39 Å². The summed E-state index contributed by atoms with van der Waals surface area (Å²) in [5.74, 6) is -1.25. The number of halogens is 1. The minimum Gasteiger partial charge on any atom is -0.507 e. The summed E-state index contributed by atoms with van der Waals surface area (Å²) < 4.78 is 13.1. The molecule has 1 amide bonds. The van der Waals surface area contributed by atoms with Crippen LogP contribution < -0.4 is 5.32 Å². The second kappa shape index (κ2) is 5.84. The fourth-order valence-corrected chi connectivity index (χ4v) is 2.70. The van der Waals surface area contributed by atoms with Crippen LogP contribution >= 0.6 is 11.3 Å². The number of hydrogen-bond donors (Lipinski definition) is 2. The van der Waals surface area contributed by atoms with E-state index in [1.807, 2.05) is 18.4 Å². The molecule has 0 aliphatic carbocycles. The number of carbonyl (C=O) groups excluding carboxylic acids is 1. The Morgan fingerprint density at radius 1 is 1.42 bits per heavy atom. The van der Waals surface area contributed by atoms with Crippen LogP contribution in [0.5, 0.6) is 5.75 Å². The van der Waals surface area contributed by atoms with Crippen molar-refractivity contribution in [3.63, 3.8) is 0 Å². The molecule has 0 saturated carbocycles. The number of thiophene rings is 1. The van der Waals surface area contributed by atoms with Crippen molar-refractivity contribution in [2.75, 3.05) is 0 Å². The molecular weight excluding hydrogens is 265 g/mol. The van der Waals surface area contributed by atoms with Crippen LogP contribution in [0.2, 0.25) is 0 Å². The van der Waals surface area contributed by atoms with E-state index in [0.717, 1.165) is 23.4 Å². The van der Waals surface area contributed by atoms with Crippen molar-refractivity contribution in [1.29, 1.82) is 0 Å². The highest BCUT2D eigenvalue weighted by atomic mass is 32.1. The molecule has 1 aromatic carbocycles. The quantitative estimate of drug-likeness (QED) is 0.903. The maximum atomic E-state index is 13.1. The Bertz CT molecular complexity index is 595. The highest BCUT2D eigenvalue weighted by Crippen LogP contribution is 2.19. The Kier molecular flexibility index (Phi) is 4.16. The second-order valence-electron chi connectivity index (χ2n) is 4.07. The summed E-state index contributed by atoms with van der Waals surface area (Å²) in [5.41, 5.74) is 1.14. The lowest BCUT2D eigenvalue weighted by Crippen LogP contribution is -2.23. The van der Waals surface area contributed by atoms with Gasteiger partial charge in [-0.15, -0.1) is 11.3 Å². The zero-order chi connectivity index (χ0) is 13.8. The number of phenolic OH excluding ortho intramolecular Hbond substituents is 1. The van der Waals surface area contributed by atoms with Gasteiger partial charge >= 0.3 is 0 Å². The highest BCUT2D eigenvalue weighted by Gasteiger charge is 2.12. The molecule has 2 rings (SSSR count). The van der Waals surface area contributed by atoms with E-state index in [2.05, 4.69) is 5.32 Å². The van der Waals surface area contributed by atoms with Gasteiger partial charge in [0, 0.05) is 4.88 Å². The van der Waals surface area contributed by atoms with Crippen molar-refractivity contribution < 1.29 is 14.3 Å². The van der Waals surface area contributed by atoms with E-state index in [1.165, 1.54) is 11.6 Å². The third-order valence-corrected chi connectivity index (χ3v) is 3.79. The predicted octanol–water partition coefficient (Wildman–Crippen LogP) is 3.09. The van der Waals surface area contributed by atoms with Crippen molar-refractivity contribution in [3.05, 3.63) is 51.5 Å². The van der Waals surface area contributed by atoms with Crippen LogP contribution in [0.15, 0.2) is 29.6 Å². The Labute approximate surface area is 114 Å². The minimum absolute atomic E-state index is 0.0467. The van der Waals surface area contributed by atoms with Crippen molar-refractivity contribution in [2.24, 2.45) is 0 Å². The molecule has 0 unspecified atom stereocenters. The Hall–Kier alpha value is -1.88. The molecular formula is C14H14FNO2S. The molecule has 1 heterocycles. The van der Waals surface area contributed by atoms with E-state index < -0.39 is 11.7 Å². The molecule has 0 saturated heterocycles. The van der Waals surface area contributed by atoms with Gasteiger partial charge in [0.2, 0.25) is 0 Å².